The zero-order valence-corrected chi connectivity index (χ0v) is 10.9. The highest BCUT2D eigenvalue weighted by atomic mass is 19.3. The molecule has 0 saturated heterocycles. The van der Waals surface area contributed by atoms with E-state index in [1.165, 1.54) is 6.07 Å². The van der Waals surface area contributed by atoms with Crippen LogP contribution in [0.2, 0.25) is 0 Å². The van der Waals surface area contributed by atoms with E-state index >= 15 is 0 Å². The first-order valence-electron chi connectivity index (χ1n) is 6.13. The van der Waals surface area contributed by atoms with Crippen molar-refractivity contribution >= 4 is 5.91 Å². The van der Waals surface area contributed by atoms with Crippen molar-refractivity contribution in [3.8, 4) is 0 Å². The predicted octanol–water partition coefficient (Wildman–Crippen LogP) is 1.57. The van der Waals surface area contributed by atoms with E-state index in [1.54, 1.807) is 12.1 Å². The van der Waals surface area contributed by atoms with E-state index in [0.29, 0.717) is 11.1 Å². The fourth-order valence-corrected chi connectivity index (χ4v) is 1.48. The topological polar surface area (TPSA) is 64.3 Å². The Morgan fingerprint density at radius 2 is 2.15 bits per heavy atom. The summed E-state index contributed by atoms with van der Waals surface area (Å²) in [4.78, 5) is 11.4. The Balaban J connectivity index is 2.30. The van der Waals surface area contributed by atoms with Gasteiger partial charge in [0, 0.05) is 25.1 Å². The first-order chi connectivity index (χ1) is 9.52. The molecular formula is C13H17F3N2O2. The molecule has 1 amide bonds. The van der Waals surface area contributed by atoms with Gasteiger partial charge in [-0.05, 0) is 11.6 Å². The highest BCUT2D eigenvalue weighted by Crippen LogP contribution is 2.10. The molecular weight excluding hydrogens is 273 g/mol. The average Bonchev–Trinajstić information content (AvgIpc) is 2.42. The van der Waals surface area contributed by atoms with Gasteiger partial charge in [-0.2, -0.15) is 0 Å². The summed E-state index contributed by atoms with van der Waals surface area (Å²) < 4.78 is 41.7. The number of nitrogens with two attached hydrogens (primary N) is 1. The average molecular weight is 290 g/mol. The molecule has 1 aromatic rings. The molecule has 20 heavy (non-hydrogen) atoms. The van der Waals surface area contributed by atoms with Crippen molar-refractivity contribution in [2.45, 2.75) is 25.9 Å². The van der Waals surface area contributed by atoms with Crippen LogP contribution in [0.5, 0.6) is 0 Å². The summed E-state index contributed by atoms with van der Waals surface area (Å²) >= 11 is 0. The number of benzene rings is 1. The monoisotopic (exact) mass is 290 g/mol. The van der Waals surface area contributed by atoms with Crippen LogP contribution in [0.1, 0.15) is 17.5 Å². The number of hydrogen-bond acceptors (Lipinski definition) is 3. The van der Waals surface area contributed by atoms with Crippen LogP contribution in [-0.4, -0.2) is 25.5 Å². The number of amides is 1. The highest BCUT2D eigenvalue weighted by Gasteiger charge is 2.07. The summed E-state index contributed by atoms with van der Waals surface area (Å²) in [6.45, 7) is -0.511. The van der Waals surface area contributed by atoms with E-state index in [-0.39, 0.29) is 32.0 Å². The predicted molar refractivity (Wildman–Crippen MR) is 67.6 cm³/mol. The molecule has 3 N–H and O–H groups in total. The third-order valence-corrected chi connectivity index (χ3v) is 2.55. The van der Waals surface area contributed by atoms with E-state index < -0.39 is 18.8 Å². The van der Waals surface area contributed by atoms with Gasteiger partial charge in [-0.3, -0.25) is 4.79 Å². The van der Waals surface area contributed by atoms with Crippen LogP contribution in [0, 0.1) is 5.82 Å². The smallest absolute Gasteiger partial charge is 0.261 e. The SMILES string of the molecule is NCc1ccc(CNC(=O)CCOCC(F)F)c(F)c1. The molecule has 0 radical (unpaired) electrons. The summed E-state index contributed by atoms with van der Waals surface area (Å²) in [5.74, 6) is -0.830. The summed E-state index contributed by atoms with van der Waals surface area (Å²) in [5.41, 5.74) is 6.38. The second kappa shape index (κ2) is 8.55. The largest absolute Gasteiger partial charge is 0.375 e. The van der Waals surface area contributed by atoms with Crippen LogP contribution >= 0.6 is 0 Å². The van der Waals surface area contributed by atoms with Crippen LogP contribution < -0.4 is 11.1 Å². The maximum atomic E-state index is 13.6. The number of nitrogens with one attached hydrogen (secondary N) is 1. The van der Waals surface area contributed by atoms with Gasteiger partial charge < -0.3 is 15.8 Å². The number of alkyl halides is 2. The quantitative estimate of drug-likeness (QED) is 0.714. The Morgan fingerprint density at radius 1 is 1.40 bits per heavy atom. The van der Waals surface area contributed by atoms with E-state index in [0.717, 1.165) is 0 Å². The maximum Gasteiger partial charge on any atom is 0.261 e. The molecule has 0 saturated carbocycles. The van der Waals surface area contributed by atoms with Crippen molar-refractivity contribution < 1.29 is 22.7 Å². The minimum absolute atomic E-state index is 0.0321. The Bertz CT molecular complexity index is 442. The molecule has 4 nitrogen and oxygen atoms in total. The zero-order valence-electron chi connectivity index (χ0n) is 10.9. The zero-order chi connectivity index (χ0) is 15.0. The third-order valence-electron chi connectivity index (χ3n) is 2.55. The highest BCUT2D eigenvalue weighted by molar-refractivity contribution is 5.75. The molecule has 0 fully saturated rings. The van der Waals surface area contributed by atoms with E-state index in [2.05, 4.69) is 10.1 Å². The summed E-state index contributed by atoms with van der Waals surface area (Å²) in [5, 5.41) is 2.49. The minimum Gasteiger partial charge on any atom is -0.375 e. The number of carbonyl (C=O) groups excluding carboxylic acids is 1. The van der Waals surface area contributed by atoms with E-state index in [9.17, 15) is 18.0 Å². The summed E-state index contributed by atoms with van der Waals surface area (Å²) in [6.07, 6.45) is -2.59. The Hall–Kier alpha value is -1.60. The molecule has 1 rings (SSSR count). The van der Waals surface area contributed by atoms with Gasteiger partial charge in [0.15, 0.2) is 0 Å². The number of halogens is 3. The maximum absolute atomic E-state index is 13.6. The van der Waals surface area contributed by atoms with Gasteiger partial charge in [-0.25, -0.2) is 13.2 Å². The van der Waals surface area contributed by atoms with Crippen LogP contribution in [0.3, 0.4) is 0 Å². The molecule has 0 aliphatic rings. The Labute approximate surface area is 115 Å². The van der Waals surface area contributed by atoms with Gasteiger partial charge in [-0.1, -0.05) is 12.1 Å². The fraction of sp³-hybridized carbons (Fsp3) is 0.462. The molecule has 0 atom stereocenters. The Kier molecular flexibility index (Phi) is 7.03. The number of hydrogen-bond donors (Lipinski definition) is 2. The normalized spacial score (nSPS) is 10.8. The lowest BCUT2D eigenvalue weighted by atomic mass is 10.1. The molecule has 112 valence electrons. The first kappa shape index (κ1) is 16.5. The van der Waals surface area contributed by atoms with Crippen LogP contribution in [-0.2, 0) is 22.6 Å². The van der Waals surface area contributed by atoms with Crippen LogP contribution in [0.15, 0.2) is 18.2 Å². The van der Waals surface area contributed by atoms with Crippen LogP contribution in [0.4, 0.5) is 13.2 Å². The summed E-state index contributed by atoms with van der Waals surface area (Å²) in [6, 6.07) is 4.54. The second-order valence-corrected chi connectivity index (χ2v) is 4.12. The molecule has 1 aromatic carbocycles. The molecule has 0 unspecified atom stereocenters. The van der Waals surface area contributed by atoms with Gasteiger partial charge in [0.25, 0.3) is 6.43 Å². The first-order valence-corrected chi connectivity index (χ1v) is 6.13. The molecule has 0 bridgehead atoms. The number of carbonyl (C=O) groups is 1. The Morgan fingerprint density at radius 3 is 2.75 bits per heavy atom. The van der Waals surface area contributed by atoms with Gasteiger partial charge in [-0.15, -0.1) is 0 Å². The van der Waals surface area contributed by atoms with Crippen molar-refractivity contribution in [1.82, 2.24) is 5.32 Å². The van der Waals surface area contributed by atoms with Crippen molar-refractivity contribution in [2.75, 3.05) is 13.2 Å². The third kappa shape index (κ3) is 6.03. The van der Waals surface area contributed by atoms with Gasteiger partial charge >= 0.3 is 0 Å². The number of rotatable bonds is 8. The number of ether oxygens (including phenoxy) is 1. The minimum atomic E-state index is -2.55. The van der Waals surface area contributed by atoms with Crippen molar-refractivity contribution in [2.24, 2.45) is 5.73 Å². The van der Waals surface area contributed by atoms with Gasteiger partial charge in [0.1, 0.15) is 12.4 Å². The lowest BCUT2D eigenvalue weighted by molar-refractivity contribution is -0.122. The molecule has 0 aromatic heterocycles. The van der Waals surface area contributed by atoms with E-state index in [1.807, 2.05) is 0 Å². The molecule has 0 aliphatic heterocycles. The standard InChI is InChI=1S/C13H17F3N2O2/c14-11-5-9(6-17)1-2-10(11)7-18-13(19)3-4-20-8-12(15)16/h1-2,5,12H,3-4,6-8,17H2,(H,18,19). The lowest BCUT2D eigenvalue weighted by Gasteiger charge is -2.08. The second-order valence-electron chi connectivity index (χ2n) is 4.12. The van der Waals surface area contributed by atoms with Crippen LogP contribution in [0.25, 0.3) is 0 Å². The molecule has 0 aliphatic carbocycles. The lowest BCUT2D eigenvalue weighted by Crippen LogP contribution is -2.24. The van der Waals surface area contributed by atoms with Crippen molar-refractivity contribution in [3.63, 3.8) is 0 Å². The van der Waals surface area contributed by atoms with E-state index in [4.69, 9.17) is 5.73 Å². The molecule has 7 heteroatoms. The fourth-order valence-electron chi connectivity index (χ4n) is 1.48. The van der Waals surface area contributed by atoms with Crippen molar-refractivity contribution in [1.29, 1.82) is 0 Å². The molecule has 0 heterocycles. The van der Waals surface area contributed by atoms with Crippen molar-refractivity contribution in [3.05, 3.63) is 35.1 Å². The molecule has 0 spiro atoms. The van der Waals surface area contributed by atoms with Gasteiger partial charge in [0.05, 0.1) is 6.61 Å². The summed E-state index contributed by atoms with van der Waals surface area (Å²) in [7, 11) is 0. The van der Waals surface area contributed by atoms with Gasteiger partial charge in [0.2, 0.25) is 5.91 Å².